The van der Waals surface area contributed by atoms with Crippen LogP contribution in [-0.2, 0) is 6.42 Å². The molecule has 1 aromatic rings. The van der Waals surface area contributed by atoms with Gasteiger partial charge in [0.2, 0.25) is 0 Å². The van der Waals surface area contributed by atoms with E-state index in [1.54, 1.807) is 0 Å². The first-order chi connectivity index (χ1) is 6.15. The van der Waals surface area contributed by atoms with Crippen molar-refractivity contribution in [3.63, 3.8) is 0 Å². The molecule has 1 aromatic carbocycles. The summed E-state index contributed by atoms with van der Waals surface area (Å²) in [6.45, 7) is 6.52. The highest BCUT2D eigenvalue weighted by Gasteiger charge is 2.05. The highest BCUT2D eigenvalue weighted by molar-refractivity contribution is 6.46. The number of rotatable bonds is 3. The van der Waals surface area contributed by atoms with Crippen molar-refractivity contribution >= 4 is 14.9 Å². The minimum Gasteiger partial charge on any atom is -0.428 e. The highest BCUT2D eigenvalue weighted by Crippen LogP contribution is 2.10. The predicted octanol–water partition coefficient (Wildman–Crippen LogP) is 1.43. The van der Waals surface area contributed by atoms with E-state index in [2.05, 4.69) is 26.8 Å². The van der Waals surface area contributed by atoms with E-state index in [0.29, 0.717) is 5.92 Å². The molecule has 1 nitrogen and oxygen atoms in total. The van der Waals surface area contributed by atoms with Crippen molar-refractivity contribution in [2.45, 2.75) is 27.2 Å². The molecule has 1 rings (SSSR count). The lowest BCUT2D eigenvalue weighted by molar-refractivity contribution is 0.614. The van der Waals surface area contributed by atoms with Crippen LogP contribution in [0.4, 0.5) is 0 Å². The van der Waals surface area contributed by atoms with Crippen molar-refractivity contribution in [3.05, 3.63) is 29.3 Å². The van der Waals surface area contributed by atoms with Gasteiger partial charge < -0.3 is 4.80 Å². The topological polar surface area (TPSA) is 20.2 Å². The zero-order valence-electron chi connectivity index (χ0n) is 8.46. The third kappa shape index (κ3) is 2.67. The first kappa shape index (κ1) is 10.5. The molecule has 0 aliphatic carbocycles. The van der Waals surface area contributed by atoms with Crippen LogP contribution in [0.15, 0.2) is 18.2 Å². The Morgan fingerprint density at radius 1 is 1.38 bits per heavy atom. The fraction of sp³-hybridized carbons (Fsp3) is 0.455. The fourth-order valence-corrected chi connectivity index (χ4v) is 1.96. The molecule has 0 aliphatic rings. The summed E-state index contributed by atoms with van der Waals surface area (Å²) in [5, 5.41) is 1.08. The van der Waals surface area contributed by atoms with Crippen LogP contribution in [0.5, 0.6) is 0 Å². The largest absolute Gasteiger partial charge is 0.428 e. The van der Waals surface area contributed by atoms with Gasteiger partial charge >= 0.3 is 0 Å². The molecule has 0 heterocycles. The first-order valence-electron chi connectivity index (χ1n) is 4.63. The zero-order chi connectivity index (χ0) is 9.84. The Hall–Kier alpha value is -0.603. The van der Waals surface area contributed by atoms with E-state index in [1.165, 1.54) is 11.1 Å². The Balaban J connectivity index is 2.94. The van der Waals surface area contributed by atoms with Crippen molar-refractivity contribution < 1.29 is 4.80 Å². The lowest BCUT2D eigenvalue weighted by Gasteiger charge is -2.10. The summed E-state index contributed by atoms with van der Waals surface area (Å²) in [6, 6.07) is 6.18. The average molecular weight is 192 g/mol. The van der Waals surface area contributed by atoms with Crippen LogP contribution in [0, 0.1) is 12.8 Å². The molecular weight excluding hydrogens is 176 g/mol. The van der Waals surface area contributed by atoms with Crippen molar-refractivity contribution in [1.29, 1.82) is 0 Å². The van der Waals surface area contributed by atoms with Crippen LogP contribution in [0.2, 0.25) is 0 Å². The van der Waals surface area contributed by atoms with Gasteiger partial charge in [0.1, 0.15) is 0 Å². The molecule has 0 unspecified atom stereocenters. The van der Waals surface area contributed by atoms with Crippen molar-refractivity contribution in [3.8, 4) is 0 Å². The van der Waals surface area contributed by atoms with Gasteiger partial charge in [-0.15, -0.1) is 0 Å². The van der Waals surface area contributed by atoms with Crippen molar-refractivity contribution in [1.82, 2.24) is 0 Å². The van der Waals surface area contributed by atoms with E-state index in [4.69, 9.17) is 4.80 Å². The van der Waals surface area contributed by atoms with Crippen LogP contribution in [0.3, 0.4) is 0 Å². The van der Waals surface area contributed by atoms with Gasteiger partial charge in [-0.1, -0.05) is 32.0 Å². The Kier molecular flexibility index (Phi) is 3.69. The van der Waals surface area contributed by atoms with Crippen LogP contribution in [0.1, 0.15) is 25.0 Å². The molecule has 1 N–H and O–H groups in total. The summed E-state index contributed by atoms with van der Waals surface area (Å²) < 4.78 is 0. The zero-order valence-corrected chi connectivity index (χ0v) is 9.46. The van der Waals surface area contributed by atoms with E-state index in [-0.39, 0.29) is 9.76 Å². The van der Waals surface area contributed by atoms with Gasteiger partial charge in [-0.05, 0) is 35.6 Å². The van der Waals surface area contributed by atoms with E-state index in [1.807, 2.05) is 12.1 Å². The SMILES string of the molecule is Cc1c(CC(C)C)cccc1[Si]O. The third-order valence-corrected chi connectivity index (χ3v) is 2.98. The van der Waals surface area contributed by atoms with Crippen LogP contribution >= 0.6 is 0 Å². The maximum atomic E-state index is 9.10. The summed E-state index contributed by atoms with van der Waals surface area (Å²) >= 11 is 0. The molecule has 2 radical (unpaired) electrons. The molecule has 0 aliphatic heterocycles. The summed E-state index contributed by atoms with van der Waals surface area (Å²) in [4.78, 5) is 9.10. The molecule has 0 amide bonds. The first-order valence-corrected chi connectivity index (χ1v) is 5.58. The quantitative estimate of drug-likeness (QED) is 0.718. The van der Waals surface area contributed by atoms with Crippen molar-refractivity contribution in [2.75, 3.05) is 0 Å². The smallest absolute Gasteiger partial charge is 0.265 e. The molecule has 13 heavy (non-hydrogen) atoms. The Morgan fingerprint density at radius 3 is 2.62 bits per heavy atom. The predicted molar refractivity (Wildman–Crippen MR) is 57.3 cm³/mol. The fourth-order valence-electron chi connectivity index (χ4n) is 1.47. The molecule has 2 heteroatoms. The molecule has 0 saturated carbocycles. The third-order valence-electron chi connectivity index (χ3n) is 2.19. The molecule has 0 bridgehead atoms. The van der Waals surface area contributed by atoms with Crippen LogP contribution in [0.25, 0.3) is 0 Å². The van der Waals surface area contributed by atoms with E-state index in [0.717, 1.165) is 11.6 Å². The molecule has 0 fully saturated rings. The second-order valence-corrected chi connectivity index (χ2v) is 4.56. The normalized spacial score (nSPS) is 10.8. The van der Waals surface area contributed by atoms with Gasteiger partial charge in [-0.2, -0.15) is 0 Å². The maximum absolute atomic E-state index is 9.10. The average Bonchev–Trinajstić information content (AvgIpc) is 2.08. The monoisotopic (exact) mass is 192 g/mol. The standard InChI is InChI=1S/C11H16OSi/c1-8(2)7-10-5-4-6-11(13-12)9(10)3/h4-6,8,12H,7H2,1-3H3. The molecular formula is C11H16OSi. The van der Waals surface area contributed by atoms with Gasteiger partial charge in [-0.3, -0.25) is 0 Å². The van der Waals surface area contributed by atoms with Crippen LogP contribution in [-0.4, -0.2) is 14.6 Å². The van der Waals surface area contributed by atoms with Crippen molar-refractivity contribution in [2.24, 2.45) is 5.92 Å². The van der Waals surface area contributed by atoms with Gasteiger partial charge in [0.05, 0.1) is 0 Å². The maximum Gasteiger partial charge on any atom is 0.265 e. The minimum absolute atomic E-state index is 0.0781. The van der Waals surface area contributed by atoms with E-state index >= 15 is 0 Å². The van der Waals surface area contributed by atoms with E-state index < -0.39 is 0 Å². The summed E-state index contributed by atoms with van der Waals surface area (Å²) in [7, 11) is -0.0781. The lowest BCUT2D eigenvalue weighted by atomic mass is 9.99. The molecule has 0 spiro atoms. The van der Waals surface area contributed by atoms with Gasteiger partial charge in [0.25, 0.3) is 9.76 Å². The number of hydrogen-bond acceptors (Lipinski definition) is 1. The van der Waals surface area contributed by atoms with Gasteiger partial charge in [0.15, 0.2) is 0 Å². The molecule has 0 saturated heterocycles. The minimum atomic E-state index is -0.0781. The highest BCUT2D eigenvalue weighted by atomic mass is 28.2. The second-order valence-electron chi connectivity index (χ2n) is 3.80. The number of benzene rings is 1. The van der Waals surface area contributed by atoms with Gasteiger partial charge in [-0.25, -0.2) is 0 Å². The summed E-state index contributed by atoms with van der Waals surface area (Å²) in [5.74, 6) is 0.677. The summed E-state index contributed by atoms with van der Waals surface area (Å²) in [5.41, 5.74) is 2.63. The molecule has 0 atom stereocenters. The van der Waals surface area contributed by atoms with Crippen LogP contribution < -0.4 is 5.19 Å². The Labute approximate surface area is 82.7 Å². The second kappa shape index (κ2) is 4.58. The number of hydrogen-bond donors (Lipinski definition) is 1. The Morgan fingerprint density at radius 2 is 2.08 bits per heavy atom. The Bertz CT molecular complexity index is 281. The summed E-state index contributed by atoms with van der Waals surface area (Å²) in [6.07, 6.45) is 1.10. The lowest BCUT2D eigenvalue weighted by Crippen LogP contribution is -2.18. The van der Waals surface area contributed by atoms with E-state index in [9.17, 15) is 0 Å². The molecule has 0 aromatic heterocycles. The van der Waals surface area contributed by atoms with Gasteiger partial charge in [0, 0.05) is 0 Å². The molecule has 70 valence electrons.